The van der Waals surface area contributed by atoms with Gasteiger partial charge in [-0.2, -0.15) is 8.42 Å². The zero-order chi connectivity index (χ0) is 13.8. The van der Waals surface area contributed by atoms with Crippen molar-refractivity contribution in [1.82, 2.24) is 4.90 Å². The molecule has 1 saturated heterocycles. The van der Waals surface area contributed by atoms with Crippen molar-refractivity contribution in [2.75, 3.05) is 19.4 Å². The van der Waals surface area contributed by atoms with Gasteiger partial charge in [-0.3, -0.25) is 4.18 Å². The Labute approximate surface area is 108 Å². The first-order valence-electron chi connectivity index (χ1n) is 6.15. The second-order valence-electron chi connectivity index (χ2n) is 4.63. The summed E-state index contributed by atoms with van der Waals surface area (Å²) in [6.45, 7) is 4.53. The van der Waals surface area contributed by atoms with E-state index < -0.39 is 22.3 Å². The van der Waals surface area contributed by atoms with Crippen LogP contribution in [0.1, 0.15) is 33.1 Å². The number of amides is 1. The molecule has 1 heterocycles. The molecule has 0 N–H and O–H groups in total. The van der Waals surface area contributed by atoms with Crippen LogP contribution in [0.2, 0.25) is 0 Å². The Hall–Kier alpha value is -0.820. The number of hydrogen-bond donors (Lipinski definition) is 0. The van der Waals surface area contributed by atoms with Crippen LogP contribution >= 0.6 is 0 Å². The fourth-order valence-corrected chi connectivity index (χ4v) is 2.57. The summed E-state index contributed by atoms with van der Waals surface area (Å²) in [4.78, 5) is 13.3. The van der Waals surface area contributed by atoms with E-state index >= 15 is 0 Å². The van der Waals surface area contributed by atoms with Crippen molar-refractivity contribution in [3.05, 3.63) is 0 Å². The molecule has 0 unspecified atom stereocenters. The van der Waals surface area contributed by atoms with E-state index in [-0.39, 0.29) is 12.6 Å². The van der Waals surface area contributed by atoms with E-state index in [1.807, 2.05) is 13.8 Å². The van der Waals surface area contributed by atoms with Crippen LogP contribution in [0.5, 0.6) is 0 Å². The number of unbranched alkanes of at least 4 members (excludes halogenated alkanes) is 1. The Kier molecular flexibility index (Phi) is 5.40. The SMILES string of the molecule is CCCCOC(=O)N1C[C@@H](OS(C)(=O)=O)C[C@@H]1C. The van der Waals surface area contributed by atoms with Crippen LogP contribution in [0, 0.1) is 0 Å². The maximum atomic E-state index is 11.7. The predicted molar refractivity (Wildman–Crippen MR) is 66.8 cm³/mol. The van der Waals surface area contributed by atoms with Crippen molar-refractivity contribution < 1.29 is 22.1 Å². The van der Waals surface area contributed by atoms with Gasteiger partial charge in [0.15, 0.2) is 0 Å². The minimum atomic E-state index is -3.48. The maximum absolute atomic E-state index is 11.7. The van der Waals surface area contributed by atoms with Crippen LogP contribution in [0.25, 0.3) is 0 Å². The molecule has 0 saturated carbocycles. The highest BCUT2D eigenvalue weighted by atomic mass is 32.2. The van der Waals surface area contributed by atoms with Gasteiger partial charge in [0.1, 0.15) is 0 Å². The molecular weight excluding hydrogens is 258 g/mol. The molecule has 6 nitrogen and oxygen atoms in total. The van der Waals surface area contributed by atoms with Gasteiger partial charge in [0, 0.05) is 6.04 Å². The number of nitrogens with zero attached hydrogens (tertiary/aromatic N) is 1. The third-order valence-corrected chi connectivity index (χ3v) is 3.43. The summed E-state index contributed by atoms with van der Waals surface area (Å²) in [7, 11) is -3.48. The van der Waals surface area contributed by atoms with E-state index in [2.05, 4.69) is 0 Å². The number of carbonyl (C=O) groups excluding carboxylic acids is 1. The van der Waals surface area contributed by atoms with Crippen LogP contribution in [0.4, 0.5) is 4.79 Å². The summed E-state index contributed by atoms with van der Waals surface area (Å²) in [6, 6.07) is -0.0640. The Balaban J connectivity index is 2.46. The van der Waals surface area contributed by atoms with E-state index in [0.717, 1.165) is 19.1 Å². The monoisotopic (exact) mass is 279 g/mol. The minimum absolute atomic E-state index is 0.0640. The quantitative estimate of drug-likeness (QED) is 0.561. The van der Waals surface area contributed by atoms with Crippen molar-refractivity contribution in [3.8, 4) is 0 Å². The van der Waals surface area contributed by atoms with Crippen LogP contribution in [-0.2, 0) is 19.0 Å². The molecule has 0 spiro atoms. The van der Waals surface area contributed by atoms with E-state index in [9.17, 15) is 13.2 Å². The Morgan fingerprint density at radius 2 is 2.11 bits per heavy atom. The van der Waals surface area contributed by atoms with Crippen molar-refractivity contribution >= 4 is 16.2 Å². The first-order chi connectivity index (χ1) is 8.33. The smallest absolute Gasteiger partial charge is 0.410 e. The first-order valence-corrected chi connectivity index (χ1v) is 7.96. The number of likely N-dealkylation sites (tertiary alicyclic amines) is 1. The summed E-state index contributed by atoms with van der Waals surface area (Å²) in [5.74, 6) is 0. The molecule has 0 aliphatic carbocycles. The van der Waals surface area contributed by atoms with E-state index in [1.165, 1.54) is 4.90 Å². The molecule has 0 aromatic carbocycles. The zero-order valence-electron chi connectivity index (χ0n) is 11.1. The average Bonchev–Trinajstić information content (AvgIpc) is 2.57. The molecule has 1 rings (SSSR count). The van der Waals surface area contributed by atoms with Crippen LogP contribution in [0.3, 0.4) is 0 Å². The highest BCUT2D eigenvalue weighted by molar-refractivity contribution is 7.86. The molecule has 106 valence electrons. The molecule has 7 heteroatoms. The number of carbonyl (C=O) groups is 1. The van der Waals surface area contributed by atoms with E-state index in [4.69, 9.17) is 8.92 Å². The summed E-state index contributed by atoms with van der Waals surface area (Å²) < 4.78 is 32.0. The van der Waals surface area contributed by atoms with Gasteiger partial charge in [0.05, 0.1) is 25.5 Å². The largest absolute Gasteiger partial charge is 0.449 e. The summed E-state index contributed by atoms with van der Waals surface area (Å²) in [5.41, 5.74) is 0. The average molecular weight is 279 g/mol. The third-order valence-electron chi connectivity index (χ3n) is 2.81. The summed E-state index contributed by atoms with van der Waals surface area (Å²) in [5, 5.41) is 0. The summed E-state index contributed by atoms with van der Waals surface area (Å²) in [6.07, 6.45) is 2.46. The van der Waals surface area contributed by atoms with Gasteiger partial charge < -0.3 is 9.64 Å². The van der Waals surface area contributed by atoms with Gasteiger partial charge in [0.2, 0.25) is 0 Å². The fraction of sp³-hybridized carbons (Fsp3) is 0.909. The molecule has 2 atom stereocenters. The number of hydrogen-bond acceptors (Lipinski definition) is 5. The Bertz CT molecular complexity index is 381. The van der Waals surface area contributed by atoms with Gasteiger partial charge in [-0.05, 0) is 19.8 Å². The van der Waals surface area contributed by atoms with Gasteiger partial charge in [-0.15, -0.1) is 0 Å². The molecule has 0 bridgehead atoms. The van der Waals surface area contributed by atoms with E-state index in [0.29, 0.717) is 13.0 Å². The fourth-order valence-electron chi connectivity index (χ4n) is 1.94. The lowest BCUT2D eigenvalue weighted by Crippen LogP contribution is -2.35. The molecule has 18 heavy (non-hydrogen) atoms. The Morgan fingerprint density at radius 3 is 2.67 bits per heavy atom. The van der Waals surface area contributed by atoms with E-state index in [1.54, 1.807) is 0 Å². The second-order valence-corrected chi connectivity index (χ2v) is 6.23. The molecule has 0 aromatic rings. The lowest BCUT2D eigenvalue weighted by Gasteiger charge is -2.20. The number of rotatable bonds is 5. The summed E-state index contributed by atoms with van der Waals surface area (Å²) >= 11 is 0. The topological polar surface area (TPSA) is 72.9 Å². The molecule has 1 amide bonds. The third kappa shape index (κ3) is 4.81. The highest BCUT2D eigenvalue weighted by Crippen LogP contribution is 2.22. The minimum Gasteiger partial charge on any atom is -0.449 e. The number of ether oxygens (including phenoxy) is 1. The maximum Gasteiger partial charge on any atom is 0.410 e. The van der Waals surface area contributed by atoms with Crippen molar-refractivity contribution in [2.45, 2.75) is 45.3 Å². The van der Waals surface area contributed by atoms with Crippen LogP contribution in [0.15, 0.2) is 0 Å². The molecule has 1 aliphatic heterocycles. The van der Waals surface area contributed by atoms with Gasteiger partial charge in [-0.25, -0.2) is 4.79 Å². The standard InChI is InChI=1S/C11H21NO5S/c1-4-5-6-16-11(13)12-8-10(7-9(12)2)17-18(3,14)15/h9-10H,4-8H2,1-3H3/t9-,10-/m0/s1. The van der Waals surface area contributed by atoms with Gasteiger partial charge >= 0.3 is 6.09 Å². The van der Waals surface area contributed by atoms with Crippen molar-refractivity contribution in [3.63, 3.8) is 0 Å². The first kappa shape index (κ1) is 15.2. The molecular formula is C11H21NO5S. The van der Waals surface area contributed by atoms with Gasteiger partial charge in [-0.1, -0.05) is 13.3 Å². The Morgan fingerprint density at radius 1 is 1.44 bits per heavy atom. The highest BCUT2D eigenvalue weighted by Gasteiger charge is 2.35. The lowest BCUT2D eigenvalue weighted by molar-refractivity contribution is 0.0958. The molecule has 0 aromatic heterocycles. The molecule has 0 radical (unpaired) electrons. The van der Waals surface area contributed by atoms with Crippen LogP contribution < -0.4 is 0 Å². The molecule has 1 aliphatic rings. The van der Waals surface area contributed by atoms with Crippen LogP contribution in [-0.4, -0.2) is 51.0 Å². The van der Waals surface area contributed by atoms with Crippen molar-refractivity contribution in [2.24, 2.45) is 0 Å². The molecule has 1 fully saturated rings. The predicted octanol–water partition coefficient (Wildman–Crippen LogP) is 1.36. The van der Waals surface area contributed by atoms with Gasteiger partial charge in [0.25, 0.3) is 10.1 Å². The lowest BCUT2D eigenvalue weighted by atomic mass is 10.2. The zero-order valence-corrected chi connectivity index (χ0v) is 11.9. The van der Waals surface area contributed by atoms with Crippen molar-refractivity contribution in [1.29, 1.82) is 0 Å². The second kappa shape index (κ2) is 6.38. The normalized spacial score (nSPS) is 24.3.